The minimum Gasteiger partial charge on any atom is -0.398 e. The lowest BCUT2D eigenvalue weighted by Gasteiger charge is -2.11. The normalized spacial score (nSPS) is 12.4. The molecule has 37 heavy (non-hydrogen) atoms. The Morgan fingerprint density at radius 2 is 1.51 bits per heavy atom. The van der Waals surface area contributed by atoms with Crippen molar-refractivity contribution in [2.24, 2.45) is 0 Å². The van der Waals surface area contributed by atoms with Gasteiger partial charge in [-0.1, -0.05) is 0 Å². The van der Waals surface area contributed by atoms with Gasteiger partial charge in [-0.2, -0.15) is 37.0 Å². The Morgan fingerprint density at radius 3 is 2.05 bits per heavy atom. The van der Waals surface area contributed by atoms with Gasteiger partial charge in [-0.3, -0.25) is 18.6 Å². The molecule has 2 aromatic carbocycles. The Labute approximate surface area is 213 Å². The van der Waals surface area contributed by atoms with Gasteiger partial charge < -0.3 is 16.4 Å². The minimum atomic E-state index is -4.62. The molecular weight excluding hydrogens is 552 g/mol. The molecule has 196 valence electrons. The number of benzene rings is 2. The smallest absolute Gasteiger partial charge is 0.397 e. The molecule has 3 aromatic rings. The van der Waals surface area contributed by atoms with Gasteiger partial charge in [0.2, 0.25) is 17.8 Å². The van der Waals surface area contributed by atoms with Crippen molar-refractivity contribution >= 4 is 66.2 Å². The summed E-state index contributed by atoms with van der Waals surface area (Å²) in [6.07, 6.45) is 1.68. The van der Waals surface area contributed by atoms with Crippen LogP contribution in [0, 0.1) is 11.5 Å². The first-order chi connectivity index (χ1) is 17.3. The zero-order chi connectivity index (χ0) is 27.2. The summed E-state index contributed by atoms with van der Waals surface area (Å²) < 4.78 is 77.9. The molecule has 0 fully saturated rings. The van der Waals surface area contributed by atoms with Crippen LogP contribution in [0.15, 0.2) is 52.3 Å². The van der Waals surface area contributed by atoms with E-state index in [1.165, 1.54) is 24.3 Å². The fourth-order valence-corrected chi connectivity index (χ4v) is 4.64. The van der Waals surface area contributed by atoms with E-state index in [9.17, 15) is 25.6 Å². The van der Waals surface area contributed by atoms with Crippen molar-refractivity contribution in [2.75, 3.05) is 34.0 Å². The third kappa shape index (κ3) is 8.31. The monoisotopic (exact) mass is 570 g/mol. The number of nitrogens with one attached hydrogen (secondary N) is 3. The van der Waals surface area contributed by atoms with Crippen LogP contribution in [-0.4, -0.2) is 57.5 Å². The highest BCUT2D eigenvalue weighted by Gasteiger charge is 2.15. The SMILES string of the molecule is N#CNc1nc(Nc2ccc(S(=O)CCOS(=O)(=O)O)cc2)nc(Nc2ccc(S(=O)(=O)O)c(N)c2)n1. The molecular formula is C18H18N8O8S3. The van der Waals surface area contributed by atoms with E-state index in [4.69, 9.17) is 15.5 Å². The van der Waals surface area contributed by atoms with E-state index < -0.39 is 42.8 Å². The number of hydrogen-bond acceptors (Lipinski definition) is 14. The second kappa shape index (κ2) is 11.4. The number of rotatable bonds is 11. The van der Waals surface area contributed by atoms with Crippen LogP contribution in [0.2, 0.25) is 0 Å². The fraction of sp³-hybridized carbons (Fsp3) is 0.111. The van der Waals surface area contributed by atoms with Crippen LogP contribution in [0.5, 0.6) is 0 Å². The number of nitrogens with zero attached hydrogens (tertiary/aromatic N) is 4. The molecule has 1 unspecified atom stereocenters. The fourth-order valence-electron chi connectivity index (χ4n) is 2.74. The number of aromatic nitrogens is 3. The van der Waals surface area contributed by atoms with E-state index in [2.05, 4.69) is 35.1 Å². The van der Waals surface area contributed by atoms with Crippen molar-refractivity contribution in [1.82, 2.24) is 15.0 Å². The molecule has 0 bridgehead atoms. The molecule has 0 saturated carbocycles. The zero-order valence-corrected chi connectivity index (χ0v) is 20.8. The van der Waals surface area contributed by atoms with Crippen LogP contribution in [0.25, 0.3) is 0 Å². The average Bonchev–Trinajstić information content (AvgIpc) is 2.78. The molecule has 3 rings (SSSR count). The van der Waals surface area contributed by atoms with Crippen molar-refractivity contribution in [3.8, 4) is 6.19 Å². The lowest BCUT2D eigenvalue weighted by Crippen LogP contribution is -2.11. The first-order valence-electron chi connectivity index (χ1n) is 9.76. The second-order valence-corrected chi connectivity index (χ2v) is 10.9. The van der Waals surface area contributed by atoms with Gasteiger partial charge in [-0.25, -0.2) is 4.18 Å². The van der Waals surface area contributed by atoms with Crippen molar-refractivity contribution in [2.45, 2.75) is 9.79 Å². The second-order valence-electron chi connectivity index (χ2n) is 6.84. The lowest BCUT2D eigenvalue weighted by atomic mass is 10.3. The van der Waals surface area contributed by atoms with Crippen molar-refractivity contribution < 1.29 is 34.3 Å². The maximum atomic E-state index is 12.2. The molecule has 7 N–H and O–H groups in total. The predicted octanol–water partition coefficient (Wildman–Crippen LogP) is 1.01. The van der Waals surface area contributed by atoms with Gasteiger partial charge in [-0.05, 0) is 42.5 Å². The van der Waals surface area contributed by atoms with Gasteiger partial charge >= 0.3 is 10.4 Å². The van der Waals surface area contributed by atoms with Gasteiger partial charge in [0, 0.05) is 16.3 Å². The Kier molecular flexibility index (Phi) is 8.53. The van der Waals surface area contributed by atoms with Crippen LogP contribution in [0.3, 0.4) is 0 Å². The Morgan fingerprint density at radius 1 is 0.946 bits per heavy atom. The lowest BCUT2D eigenvalue weighted by molar-refractivity contribution is 0.284. The minimum absolute atomic E-state index is 0.00629. The number of anilines is 6. The van der Waals surface area contributed by atoms with E-state index in [1.807, 2.05) is 0 Å². The Bertz CT molecular complexity index is 1580. The van der Waals surface area contributed by atoms with Crippen LogP contribution >= 0.6 is 0 Å². The van der Waals surface area contributed by atoms with Crippen molar-refractivity contribution in [3.05, 3.63) is 42.5 Å². The Balaban J connectivity index is 1.76. The van der Waals surface area contributed by atoms with Crippen LogP contribution in [0.4, 0.5) is 34.9 Å². The maximum absolute atomic E-state index is 12.2. The summed E-state index contributed by atoms with van der Waals surface area (Å²) in [4.78, 5) is 12.1. The van der Waals surface area contributed by atoms with Gasteiger partial charge in [-0.15, -0.1) is 0 Å². The van der Waals surface area contributed by atoms with E-state index in [0.717, 1.165) is 6.07 Å². The van der Waals surface area contributed by atoms with Crippen molar-refractivity contribution in [1.29, 1.82) is 5.26 Å². The van der Waals surface area contributed by atoms with Gasteiger partial charge in [0.25, 0.3) is 10.1 Å². The third-order valence-electron chi connectivity index (χ3n) is 4.22. The maximum Gasteiger partial charge on any atom is 0.397 e. The quantitative estimate of drug-likeness (QED) is 0.0812. The van der Waals surface area contributed by atoms with Crippen molar-refractivity contribution in [3.63, 3.8) is 0 Å². The summed E-state index contributed by atoms with van der Waals surface area (Å²) in [5, 5.41) is 16.9. The largest absolute Gasteiger partial charge is 0.398 e. The molecule has 0 aliphatic heterocycles. The average molecular weight is 571 g/mol. The number of nitriles is 1. The summed E-state index contributed by atoms with van der Waals surface area (Å²) in [5.74, 6) is -0.353. The van der Waals surface area contributed by atoms with Gasteiger partial charge in [0.1, 0.15) is 4.90 Å². The van der Waals surface area contributed by atoms with Gasteiger partial charge in [0.05, 0.1) is 28.8 Å². The molecule has 0 saturated heterocycles. The molecule has 1 heterocycles. The standard InChI is InChI=1S/C18H18N8O8S3/c19-10-21-16-24-17(22-11-1-4-13(5-2-11)35(27)8-7-34-37(31,32)33)26-18(25-16)23-12-3-6-15(14(20)9-12)36(28,29)30/h1-6,9H,7-8,20H2,(H,28,29,30)(H,31,32,33)(H3,21,22,23,24,25,26). The van der Waals surface area contributed by atoms with Crippen LogP contribution < -0.4 is 21.7 Å². The van der Waals surface area contributed by atoms with E-state index in [1.54, 1.807) is 18.3 Å². The molecule has 16 nitrogen and oxygen atoms in total. The van der Waals surface area contributed by atoms with Crippen LogP contribution in [-0.2, 0) is 35.5 Å². The first kappa shape index (κ1) is 27.7. The third-order valence-corrected chi connectivity index (χ3v) is 6.95. The molecule has 19 heteroatoms. The molecule has 0 amide bonds. The highest BCUT2D eigenvalue weighted by atomic mass is 32.3. The molecule has 0 aliphatic rings. The van der Waals surface area contributed by atoms with E-state index >= 15 is 0 Å². The molecule has 0 aliphatic carbocycles. The van der Waals surface area contributed by atoms with E-state index in [-0.39, 0.29) is 35.0 Å². The summed E-state index contributed by atoms with van der Waals surface area (Å²) in [6.45, 7) is -0.467. The molecule has 0 spiro atoms. The summed E-state index contributed by atoms with van der Waals surface area (Å²) in [5.41, 5.74) is 6.19. The highest BCUT2D eigenvalue weighted by molar-refractivity contribution is 7.86. The van der Waals surface area contributed by atoms with Crippen LogP contribution in [0.1, 0.15) is 0 Å². The predicted molar refractivity (Wildman–Crippen MR) is 132 cm³/mol. The topological polar surface area (TPSA) is 260 Å². The first-order valence-corrected chi connectivity index (χ1v) is 13.9. The summed E-state index contributed by atoms with van der Waals surface area (Å²) in [7, 11) is -10.7. The number of nitrogens with two attached hydrogens (primary N) is 1. The molecule has 1 atom stereocenters. The Hall–Kier alpha value is -3.93. The summed E-state index contributed by atoms with van der Waals surface area (Å²) >= 11 is 0. The number of hydrogen-bond donors (Lipinski definition) is 6. The zero-order valence-electron chi connectivity index (χ0n) is 18.4. The molecule has 0 radical (unpaired) electrons. The van der Waals surface area contributed by atoms with E-state index in [0.29, 0.717) is 10.6 Å². The van der Waals surface area contributed by atoms with Gasteiger partial charge in [0.15, 0.2) is 6.19 Å². The summed E-state index contributed by atoms with van der Waals surface area (Å²) in [6, 6.07) is 9.72. The molecule has 1 aromatic heterocycles. The highest BCUT2D eigenvalue weighted by Crippen LogP contribution is 2.25. The number of nitrogen functional groups attached to an aromatic ring is 1.